The lowest BCUT2D eigenvalue weighted by molar-refractivity contribution is -0.129. The van der Waals surface area contributed by atoms with E-state index in [0.29, 0.717) is 18.9 Å². The summed E-state index contributed by atoms with van der Waals surface area (Å²) in [6.07, 6.45) is 2.54. The van der Waals surface area contributed by atoms with Crippen molar-refractivity contribution in [2.75, 3.05) is 18.4 Å². The van der Waals surface area contributed by atoms with Crippen molar-refractivity contribution in [3.63, 3.8) is 0 Å². The Balaban J connectivity index is 1.56. The van der Waals surface area contributed by atoms with Crippen LogP contribution < -0.4 is 5.32 Å². The molecule has 1 aliphatic carbocycles. The number of nitrogens with zero attached hydrogens (tertiary/aromatic N) is 3. The summed E-state index contributed by atoms with van der Waals surface area (Å²) in [6.45, 7) is 4.79. The number of fused-ring (bicyclic) bond motifs is 1. The summed E-state index contributed by atoms with van der Waals surface area (Å²) in [5.74, 6) is 0.984. The molecule has 2 heterocycles. The molecule has 0 bridgehead atoms. The Morgan fingerprint density at radius 2 is 2.08 bits per heavy atom. The number of aryl methyl sites for hydroxylation is 1. The lowest BCUT2D eigenvalue weighted by Gasteiger charge is -2.19. The molecule has 2 fully saturated rings. The Hall–Kier alpha value is -2.63. The Morgan fingerprint density at radius 3 is 2.79 bits per heavy atom. The van der Waals surface area contributed by atoms with E-state index in [1.807, 2.05) is 31.2 Å². The van der Waals surface area contributed by atoms with Crippen LogP contribution in [0.25, 0.3) is 5.69 Å². The zero-order chi connectivity index (χ0) is 16.9. The van der Waals surface area contributed by atoms with Gasteiger partial charge in [0.1, 0.15) is 5.82 Å². The normalized spacial score (nSPS) is 24.6. The van der Waals surface area contributed by atoms with Gasteiger partial charge in [0, 0.05) is 26.1 Å². The number of carbonyl (C=O) groups is 2. The number of amides is 2. The van der Waals surface area contributed by atoms with Crippen molar-refractivity contribution in [3.8, 4) is 5.69 Å². The largest absolute Gasteiger partial charge is 0.342 e. The molecule has 124 valence electrons. The molecule has 4 rings (SSSR count). The molecule has 0 spiro atoms. The molecule has 2 atom stereocenters. The average molecular weight is 324 g/mol. The Morgan fingerprint density at radius 1 is 1.29 bits per heavy atom. The molecule has 1 aromatic heterocycles. The minimum absolute atomic E-state index is 0.00779. The van der Waals surface area contributed by atoms with Gasteiger partial charge in [0.05, 0.1) is 17.3 Å². The van der Waals surface area contributed by atoms with Crippen molar-refractivity contribution in [3.05, 3.63) is 42.1 Å². The van der Waals surface area contributed by atoms with Gasteiger partial charge in [0.25, 0.3) is 0 Å². The van der Waals surface area contributed by atoms with E-state index in [1.54, 1.807) is 28.8 Å². The highest BCUT2D eigenvalue weighted by Crippen LogP contribution is 2.58. The molecule has 1 aliphatic heterocycles. The fraction of sp³-hybridized carbons (Fsp3) is 0.389. The van der Waals surface area contributed by atoms with Crippen LogP contribution in [0.4, 0.5) is 5.82 Å². The van der Waals surface area contributed by atoms with Crippen LogP contribution in [0.3, 0.4) is 0 Å². The molecule has 2 aliphatic rings. The van der Waals surface area contributed by atoms with Crippen molar-refractivity contribution < 1.29 is 9.59 Å². The van der Waals surface area contributed by atoms with Crippen molar-refractivity contribution in [1.82, 2.24) is 14.7 Å². The highest BCUT2D eigenvalue weighted by atomic mass is 16.2. The Labute approximate surface area is 140 Å². The highest BCUT2D eigenvalue weighted by Gasteiger charge is 2.65. The monoisotopic (exact) mass is 324 g/mol. The Bertz CT molecular complexity index is 828. The number of aromatic nitrogens is 2. The first-order chi connectivity index (χ1) is 11.5. The lowest BCUT2D eigenvalue weighted by Crippen LogP contribution is -2.34. The number of likely N-dealkylation sites (tertiary alicyclic amines) is 1. The van der Waals surface area contributed by atoms with Gasteiger partial charge in [-0.3, -0.25) is 9.59 Å². The number of benzene rings is 1. The number of hydrogen-bond donors (Lipinski definition) is 1. The van der Waals surface area contributed by atoms with E-state index in [2.05, 4.69) is 10.4 Å². The number of anilines is 1. The predicted octanol–water partition coefficient (Wildman–Crippen LogP) is 1.99. The molecule has 6 heteroatoms. The summed E-state index contributed by atoms with van der Waals surface area (Å²) >= 11 is 0. The Kier molecular flexibility index (Phi) is 3.23. The number of rotatable bonds is 3. The molecule has 24 heavy (non-hydrogen) atoms. The predicted molar refractivity (Wildman–Crippen MR) is 89.7 cm³/mol. The molecular formula is C18H20N4O2. The molecule has 6 nitrogen and oxygen atoms in total. The molecule has 1 saturated carbocycles. The van der Waals surface area contributed by atoms with E-state index in [4.69, 9.17) is 0 Å². The van der Waals surface area contributed by atoms with Gasteiger partial charge in [-0.15, -0.1) is 0 Å². The fourth-order valence-electron chi connectivity index (χ4n) is 3.71. The maximum Gasteiger partial charge on any atom is 0.233 e. The molecule has 0 radical (unpaired) electrons. The molecule has 2 aromatic rings. The van der Waals surface area contributed by atoms with Crippen LogP contribution in [0, 0.1) is 18.3 Å². The fourth-order valence-corrected chi connectivity index (χ4v) is 3.71. The smallest absolute Gasteiger partial charge is 0.233 e. The number of piperidine rings is 1. The minimum Gasteiger partial charge on any atom is -0.342 e. The number of para-hydroxylation sites is 1. The van der Waals surface area contributed by atoms with Gasteiger partial charge in [-0.25, -0.2) is 4.68 Å². The van der Waals surface area contributed by atoms with E-state index < -0.39 is 5.41 Å². The molecule has 1 saturated heterocycles. The summed E-state index contributed by atoms with van der Waals surface area (Å²) in [6, 6.07) is 9.72. The average Bonchev–Trinajstić information content (AvgIpc) is 2.92. The SMILES string of the molecule is CC(=O)N1CC2CC2(C(=O)Nc2ccnn2-c2ccccc2C)C1. The van der Waals surface area contributed by atoms with Crippen molar-refractivity contribution in [2.45, 2.75) is 20.3 Å². The molecular weight excluding hydrogens is 304 g/mol. The van der Waals surface area contributed by atoms with Crippen molar-refractivity contribution in [1.29, 1.82) is 0 Å². The van der Waals surface area contributed by atoms with Crippen LogP contribution in [0.2, 0.25) is 0 Å². The third-order valence-electron chi connectivity index (χ3n) is 5.27. The van der Waals surface area contributed by atoms with Crippen molar-refractivity contribution >= 4 is 17.6 Å². The maximum atomic E-state index is 12.8. The van der Waals surface area contributed by atoms with Gasteiger partial charge in [-0.1, -0.05) is 18.2 Å². The second-order valence-electron chi connectivity index (χ2n) is 6.83. The molecule has 1 N–H and O–H groups in total. The summed E-state index contributed by atoms with van der Waals surface area (Å²) in [5.41, 5.74) is 1.62. The quantitative estimate of drug-likeness (QED) is 0.939. The zero-order valence-corrected chi connectivity index (χ0v) is 13.8. The minimum atomic E-state index is -0.410. The van der Waals surface area contributed by atoms with Crippen LogP contribution in [0.5, 0.6) is 0 Å². The van der Waals surface area contributed by atoms with Crippen LogP contribution >= 0.6 is 0 Å². The van der Waals surface area contributed by atoms with Gasteiger partial charge < -0.3 is 10.2 Å². The molecule has 2 unspecified atom stereocenters. The molecule has 1 aromatic carbocycles. The third kappa shape index (κ3) is 2.21. The van der Waals surface area contributed by atoms with Gasteiger partial charge in [0.2, 0.25) is 11.8 Å². The number of carbonyl (C=O) groups excluding carboxylic acids is 2. The first-order valence-electron chi connectivity index (χ1n) is 8.18. The summed E-state index contributed by atoms with van der Waals surface area (Å²) < 4.78 is 1.75. The van der Waals surface area contributed by atoms with Crippen LogP contribution in [0.1, 0.15) is 18.9 Å². The van der Waals surface area contributed by atoms with E-state index in [1.165, 1.54) is 0 Å². The topological polar surface area (TPSA) is 67.2 Å². The van der Waals surface area contributed by atoms with E-state index >= 15 is 0 Å². The summed E-state index contributed by atoms with van der Waals surface area (Å²) in [7, 11) is 0. The molecule has 2 amide bonds. The van der Waals surface area contributed by atoms with Gasteiger partial charge in [-0.05, 0) is 30.9 Å². The third-order valence-corrected chi connectivity index (χ3v) is 5.27. The number of hydrogen-bond acceptors (Lipinski definition) is 3. The second kappa shape index (κ2) is 5.19. The van der Waals surface area contributed by atoms with Crippen LogP contribution in [0.15, 0.2) is 36.5 Å². The van der Waals surface area contributed by atoms with Crippen LogP contribution in [-0.2, 0) is 9.59 Å². The summed E-state index contributed by atoms with van der Waals surface area (Å²) in [4.78, 5) is 26.1. The van der Waals surface area contributed by atoms with Gasteiger partial charge >= 0.3 is 0 Å². The number of nitrogens with one attached hydrogen (secondary N) is 1. The van der Waals surface area contributed by atoms with Crippen molar-refractivity contribution in [2.24, 2.45) is 11.3 Å². The van der Waals surface area contributed by atoms with E-state index in [-0.39, 0.29) is 17.7 Å². The van der Waals surface area contributed by atoms with Gasteiger partial charge in [0.15, 0.2) is 0 Å². The summed E-state index contributed by atoms with van der Waals surface area (Å²) in [5, 5.41) is 7.37. The van der Waals surface area contributed by atoms with E-state index in [0.717, 1.165) is 17.7 Å². The first-order valence-corrected chi connectivity index (χ1v) is 8.18. The zero-order valence-electron chi connectivity index (χ0n) is 13.8. The van der Waals surface area contributed by atoms with Crippen LogP contribution in [-0.4, -0.2) is 39.6 Å². The van der Waals surface area contributed by atoms with Gasteiger partial charge in [-0.2, -0.15) is 5.10 Å². The van der Waals surface area contributed by atoms with E-state index in [9.17, 15) is 9.59 Å². The lowest BCUT2D eigenvalue weighted by atomic mass is 10.1. The first kappa shape index (κ1) is 14.9. The maximum absolute atomic E-state index is 12.8. The highest BCUT2D eigenvalue weighted by molar-refractivity contribution is 5.98. The second-order valence-corrected chi connectivity index (χ2v) is 6.83. The standard InChI is InChI=1S/C18H20N4O2/c1-12-5-3-4-6-15(12)22-16(7-8-19-22)20-17(24)18-9-14(18)10-21(11-18)13(2)23/h3-8,14H,9-11H2,1-2H3,(H,20,24).